The monoisotopic (exact) mass is 232 g/mol. The summed E-state index contributed by atoms with van der Waals surface area (Å²) < 4.78 is 26.4. The summed E-state index contributed by atoms with van der Waals surface area (Å²) in [6.07, 6.45) is 3.89. The molecule has 0 saturated heterocycles. The fraction of sp³-hybridized carbons (Fsp3) is 0.636. The first-order valence-electron chi connectivity index (χ1n) is 4.85. The van der Waals surface area contributed by atoms with Gasteiger partial charge in [0.25, 0.3) is 10.1 Å². The first-order valence-corrected chi connectivity index (χ1v) is 6.67. The summed E-state index contributed by atoms with van der Waals surface area (Å²) in [6, 6.07) is 0. The van der Waals surface area contributed by atoms with Crippen LogP contribution in [0.15, 0.2) is 23.8 Å². The van der Waals surface area contributed by atoms with Gasteiger partial charge in [-0.1, -0.05) is 23.8 Å². The molecule has 0 aliphatic rings. The number of allylic oxidation sites excluding steroid dienone is 2. The van der Waals surface area contributed by atoms with Gasteiger partial charge in [-0.05, 0) is 27.2 Å². The van der Waals surface area contributed by atoms with Crippen LogP contribution < -0.4 is 0 Å². The molecule has 3 nitrogen and oxygen atoms in total. The molecule has 1 unspecified atom stereocenters. The van der Waals surface area contributed by atoms with Crippen LogP contribution in [0.1, 0.15) is 27.2 Å². The molecule has 0 amide bonds. The predicted molar refractivity (Wildman–Crippen MR) is 63.1 cm³/mol. The van der Waals surface area contributed by atoms with Crippen molar-refractivity contribution >= 4 is 10.1 Å². The molecule has 4 heteroatoms. The molecule has 0 aliphatic heterocycles. The maximum absolute atomic E-state index is 10.8. The molecule has 0 aromatic heterocycles. The minimum Gasteiger partial charge on any atom is -0.270 e. The second-order valence-corrected chi connectivity index (χ2v) is 5.69. The fourth-order valence-corrected chi connectivity index (χ4v) is 1.41. The van der Waals surface area contributed by atoms with Crippen LogP contribution in [0.5, 0.6) is 0 Å². The lowest BCUT2D eigenvalue weighted by atomic mass is 9.98. The molecule has 0 radical (unpaired) electrons. The molecule has 88 valence electrons. The van der Waals surface area contributed by atoms with Crippen molar-refractivity contribution in [2.75, 3.05) is 12.9 Å². The van der Waals surface area contributed by atoms with Crippen molar-refractivity contribution in [3.8, 4) is 0 Å². The van der Waals surface area contributed by atoms with E-state index < -0.39 is 10.1 Å². The summed E-state index contributed by atoms with van der Waals surface area (Å²) in [7, 11) is -3.35. The van der Waals surface area contributed by atoms with Crippen molar-refractivity contribution in [1.82, 2.24) is 0 Å². The van der Waals surface area contributed by atoms with E-state index in [1.54, 1.807) is 0 Å². The highest BCUT2D eigenvalue weighted by Crippen LogP contribution is 2.16. The third-order valence-electron chi connectivity index (χ3n) is 1.99. The first kappa shape index (κ1) is 14.4. The quantitative estimate of drug-likeness (QED) is 0.522. The molecule has 15 heavy (non-hydrogen) atoms. The van der Waals surface area contributed by atoms with Crippen molar-refractivity contribution in [3.05, 3.63) is 23.8 Å². The van der Waals surface area contributed by atoms with Crippen molar-refractivity contribution in [2.24, 2.45) is 5.92 Å². The SMILES string of the molecule is C=C(C)C(CC=C(C)C)COS(C)(=O)=O. The van der Waals surface area contributed by atoms with Gasteiger partial charge in [0, 0.05) is 5.92 Å². The van der Waals surface area contributed by atoms with E-state index in [4.69, 9.17) is 4.18 Å². The van der Waals surface area contributed by atoms with Gasteiger partial charge < -0.3 is 0 Å². The Morgan fingerprint density at radius 1 is 1.40 bits per heavy atom. The van der Waals surface area contributed by atoms with E-state index in [9.17, 15) is 8.42 Å². The van der Waals surface area contributed by atoms with Gasteiger partial charge in [0.15, 0.2) is 0 Å². The zero-order chi connectivity index (χ0) is 12.1. The average Bonchev–Trinajstić information content (AvgIpc) is 2.00. The van der Waals surface area contributed by atoms with Gasteiger partial charge in [0.1, 0.15) is 0 Å². The van der Waals surface area contributed by atoms with Gasteiger partial charge in [-0.15, -0.1) is 0 Å². The highest BCUT2D eigenvalue weighted by molar-refractivity contribution is 7.85. The number of hydrogen-bond donors (Lipinski definition) is 0. The van der Waals surface area contributed by atoms with Crippen LogP contribution in [0.4, 0.5) is 0 Å². The van der Waals surface area contributed by atoms with Crippen LogP contribution in [0, 0.1) is 5.92 Å². The Bertz CT molecular complexity index is 335. The minimum absolute atomic E-state index is 0.0645. The molecule has 0 rings (SSSR count). The lowest BCUT2D eigenvalue weighted by molar-refractivity contribution is 0.277. The molecule has 0 saturated carbocycles. The largest absolute Gasteiger partial charge is 0.270 e. The lowest BCUT2D eigenvalue weighted by Crippen LogP contribution is -2.13. The molecule has 0 bridgehead atoms. The van der Waals surface area contributed by atoms with Crippen LogP contribution in [-0.4, -0.2) is 21.3 Å². The Morgan fingerprint density at radius 2 is 1.93 bits per heavy atom. The molecule has 0 aliphatic carbocycles. The zero-order valence-corrected chi connectivity index (χ0v) is 10.7. The van der Waals surface area contributed by atoms with E-state index in [1.165, 1.54) is 5.57 Å². The molecule has 0 aromatic carbocycles. The molecule has 0 fully saturated rings. The highest BCUT2D eigenvalue weighted by Gasteiger charge is 2.11. The van der Waals surface area contributed by atoms with Crippen LogP contribution in [-0.2, 0) is 14.3 Å². The maximum Gasteiger partial charge on any atom is 0.264 e. The Hall–Kier alpha value is -0.610. The van der Waals surface area contributed by atoms with Gasteiger partial charge in [0.05, 0.1) is 12.9 Å². The van der Waals surface area contributed by atoms with E-state index in [2.05, 4.69) is 12.7 Å². The van der Waals surface area contributed by atoms with Gasteiger partial charge in [-0.3, -0.25) is 4.18 Å². The zero-order valence-electron chi connectivity index (χ0n) is 9.91. The second kappa shape index (κ2) is 6.08. The summed E-state index contributed by atoms with van der Waals surface area (Å²) in [5.74, 6) is 0.0645. The van der Waals surface area contributed by atoms with E-state index in [-0.39, 0.29) is 12.5 Å². The van der Waals surface area contributed by atoms with Crippen molar-refractivity contribution in [2.45, 2.75) is 27.2 Å². The summed E-state index contributed by atoms with van der Waals surface area (Å²) in [6.45, 7) is 9.91. The topological polar surface area (TPSA) is 43.4 Å². The van der Waals surface area contributed by atoms with E-state index in [0.717, 1.165) is 18.2 Å². The van der Waals surface area contributed by atoms with E-state index >= 15 is 0 Å². The van der Waals surface area contributed by atoms with Crippen molar-refractivity contribution < 1.29 is 12.6 Å². The molecule has 0 spiro atoms. The van der Waals surface area contributed by atoms with Crippen molar-refractivity contribution in [3.63, 3.8) is 0 Å². The van der Waals surface area contributed by atoms with Gasteiger partial charge in [0.2, 0.25) is 0 Å². The molecular weight excluding hydrogens is 212 g/mol. The second-order valence-electron chi connectivity index (χ2n) is 4.05. The number of hydrogen-bond acceptors (Lipinski definition) is 3. The van der Waals surface area contributed by atoms with Gasteiger partial charge >= 0.3 is 0 Å². The predicted octanol–water partition coefficient (Wildman–Crippen LogP) is 2.51. The Kier molecular flexibility index (Phi) is 5.83. The standard InChI is InChI=1S/C11H20O3S/c1-9(2)6-7-11(10(3)4)8-14-15(5,12)13/h6,11H,3,7-8H2,1-2,4-5H3. The van der Waals surface area contributed by atoms with E-state index in [1.807, 2.05) is 20.8 Å². The van der Waals surface area contributed by atoms with Crippen LogP contribution in [0.2, 0.25) is 0 Å². The average molecular weight is 232 g/mol. The summed E-state index contributed by atoms with van der Waals surface area (Å²) in [4.78, 5) is 0. The van der Waals surface area contributed by atoms with Crippen molar-refractivity contribution in [1.29, 1.82) is 0 Å². The van der Waals surface area contributed by atoms with Crippen LogP contribution in [0.3, 0.4) is 0 Å². The molecule has 0 N–H and O–H groups in total. The summed E-state index contributed by atoms with van der Waals surface area (Å²) in [5, 5.41) is 0. The fourth-order valence-electron chi connectivity index (χ4n) is 0.995. The maximum atomic E-state index is 10.8. The first-order chi connectivity index (χ1) is 6.72. The third-order valence-corrected chi connectivity index (χ3v) is 2.56. The third kappa shape index (κ3) is 8.39. The minimum atomic E-state index is -3.35. The highest BCUT2D eigenvalue weighted by atomic mass is 32.2. The molecule has 1 atom stereocenters. The smallest absolute Gasteiger partial charge is 0.264 e. The molecule has 0 heterocycles. The van der Waals surface area contributed by atoms with E-state index in [0.29, 0.717) is 0 Å². The van der Waals surface area contributed by atoms with Crippen LogP contribution >= 0.6 is 0 Å². The normalized spacial score (nSPS) is 13.3. The van der Waals surface area contributed by atoms with Crippen LogP contribution in [0.25, 0.3) is 0 Å². The molecule has 0 aromatic rings. The molecular formula is C11H20O3S. The number of rotatable bonds is 6. The summed E-state index contributed by atoms with van der Waals surface area (Å²) in [5.41, 5.74) is 2.15. The Morgan fingerprint density at radius 3 is 2.27 bits per heavy atom. The Balaban J connectivity index is 4.30. The Labute approximate surface area is 93.0 Å². The summed E-state index contributed by atoms with van der Waals surface area (Å²) >= 11 is 0. The lowest BCUT2D eigenvalue weighted by Gasteiger charge is -2.14. The van der Waals surface area contributed by atoms with Gasteiger partial charge in [-0.25, -0.2) is 0 Å². The van der Waals surface area contributed by atoms with Gasteiger partial charge in [-0.2, -0.15) is 8.42 Å².